The number of hydrogen-bond acceptors (Lipinski definition) is 9. The fraction of sp³-hybridized carbons (Fsp3) is 0.179. The van der Waals surface area contributed by atoms with Gasteiger partial charge in [0.05, 0.1) is 39.4 Å². The zero-order valence-electron chi connectivity index (χ0n) is 21.8. The summed E-state index contributed by atoms with van der Waals surface area (Å²) in [5.41, 5.74) is 1.64. The molecule has 1 N–H and O–H groups in total. The number of benzene rings is 2. The Balaban J connectivity index is 1.45. The molecule has 1 aliphatic heterocycles. The summed E-state index contributed by atoms with van der Waals surface area (Å²) in [5, 5.41) is 2.13. The molecule has 0 bridgehead atoms. The van der Waals surface area contributed by atoms with Crippen LogP contribution in [0.3, 0.4) is 0 Å². The molecular formula is C28H23BrClN3O7S. The Hall–Kier alpha value is -3.87. The second-order valence-corrected chi connectivity index (χ2v) is 10.6. The highest BCUT2D eigenvalue weighted by molar-refractivity contribution is 9.10. The molecule has 1 aromatic heterocycles. The van der Waals surface area contributed by atoms with Crippen LogP contribution in [-0.4, -0.2) is 53.2 Å². The highest BCUT2D eigenvalue weighted by Gasteiger charge is 2.36. The van der Waals surface area contributed by atoms with Crippen molar-refractivity contribution in [3.63, 3.8) is 0 Å². The number of amides is 3. The molecule has 0 atom stereocenters. The van der Waals surface area contributed by atoms with Crippen LogP contribution in [0, 0.1) is 0 Å². The lowest BCUT2D eigenvalue weighted by atomic mass is 10.2. The number of thioether (sulfide) groups is 1. The lowest BCUT2D eigenvalue weighted by Crippen LogP contribution is -2.36. The van der Waals surface area contributed by atoms with E-state index in [1.54, 1.807) is 25.3 Å². The van der Waals surface area contributed by atoms with E-state index in [0.29, 0.717) is 33.3 Å². The second-order valence-electron chi connectivity index (χ2n) is 8.37. The van der Waals surface area contributed by atoms with Gasteiger partial charge >= 0.3 is 5.97 Å². The molecule has 10 nitrogen and oxygen atoms in total. The minimum Gasteiger partial charge on any atom is -0.493 e. The van der Waals surface area contributed by atoms with Crippen LogP contribution in [0.25, 0.3) is 6.08 Å². The van der Waals surface area contributed by atoms with Crippen LogP contribution in [0.4, 0.5) is 10.5 Å². The normalized spacial score (nSPS) is 13.9. The lowest BCUT2D eigenvalue weighted by molar-refractivity contribution is -0.127. The van der Waals surface area contributed by atoms with E-state index in [9.17, 15) is 19.2 Å². The summed E-state index contributed by atoms with van der Waals surface area (Å²) >= 11 is 10.3. The monoisotopic (exact) mass is 659 g/mol. The van der Waals surface area contributed by atoms with Gasteiger partial charge in [-0.05, 0) is 88.7 Å². The van der Waals surface area contributed by atoms with E-state index in [0.717, 1.165) is 10.6 Å². The molecule has 0 radical (unpaired) electrons. The number of pyridine rings is 1. The Morgan fingerprint density at radius 2 is 1.98 bits per heavy atom. The van der Waals surface area contributed by atoms with E-state index in [4.69, 9.17) is 25.8 Å². The first kappa shape index (κ1) is 30.1. The predicted octanol–water partition coefficient (Wildman–Crippen LogP) is 5.94. The molecule has 0 unspecified atom stereocenters. The van der Waals surface area contributed by atoms with Crippen molar-refractivity contribution >= 4 is 74.1 Å². The Kier molecular flexibility index (Phi) is 10.0. The number of hydrogen-bond donors (Lipinski definition) is 1. The van der Waals surface area contributed by atoms with Gasteiger partial charge in [-0.15, -0.1) is 0 Å². The third-order valence-corrected chi connectivity index (χ3v) is 7.39. The van der Waals surface area contributed by atoms with Gasteiger partial charge < -0.3 is 19.5 Å². The topological polar surface area (TPSA) is 124 Å². The maximum atomic E-state index is 13.0. The van der Waals surface area contributed by atoms with E-state index in [1.807, 2.05) is 18.2 Å². The summed E-state index contributed by atoms with van der Waals surface area (Å²) in [6.45, 7) is 1.52. The van der Waals surface area contributed by atoms with E-state index < -0.39 is 29.6 Å². The SMILES string of the molecule is CCOC(=O)c1cc(NC(=O)CN2C(=O)S/C(=C/c3cc(Br)c(OCc4ccccn4)c(OC)c3)C2=O)ccc1Cl. The van der Waals surface area contributed by atoms with Gasteiger partial charge in [0.15, 0.2) is 11.5 Å². The maximum absolute atomic E-state index is 13.0. The van der Waals surface area contributed by atoms with E-state index >= 15 is 0 Å². The van der Waals surface area contributed by atoms with Crippen molar-refractivity contribution < 1.29 is 33.4 Å². The number of nitrogens with zero attached hydrogens (tertiary/aromatic N) is 2. The molecule has 4 rings (SSSR count). The maximum Gasteiger partial charge on any atom is 0.339 e. The molecule has 41 heavy (non-hydrogen) atoms. The quantitative estimate of drug-likeness (QED) is 0.208. The smallest absolute Gasteiger partial charge is 0.339 e. The molecule has 13 heteroatoms. The summed E-state index contributed by atoms with van der Waals surface area (Å²) in [6, 6.07) is 13.2. The molecule has 2 heterocycles. The molecule has 0 aliphatic carbocycles. The molecule has 2 aromatic carbocycles. The van der Waals surface area contributed by atoms with Crippen LogP contribution in [0.5, 0.6) is 11.5 Å². The molecule has 0 saturated carbocycles. The second kappa shape index (κ2) is 13.7. The number of halogens is 2. The Labute approximate surface area is 253 Å². The van der Waals surface area contributed by atoms with Gasteiger partial charge in [0.1, 0.15) is 13.2 Å². The van der Waals surface area contributed by atoms with Crippen LogP contribution in [0.1, 0.15) is 28.5 Å². The number of aromatic nitrogens is 1. The summed E-state index contributed by atoms with van der Waals surface area (Å²) < 4.78 is 16.9. The Morgan fingerprint density at radius 3 is 2.68 bits per heavy atom. The van der Waals surface area contributed by atoms with Gasteiger partial charge in [-0.3, -0.25) is 24.3 Å². The standard InChI is InChI=1S/C28H23BrClN3O7S/c1-3-39-27(36)19-13-17(7-8-21(19)30)32-24(34)14-33-26(35)23(41-28(33)37)12-16-10-20(29)25(22(11-16)38-2)40-15-18-6-4-5-9-31-18/h4-13H,3,14-15H2,1-2H3,(H,32,34)/b23-12+. The van der Waals surface area contributed by atoms with Crippen molar-refractivity contribution in [3.8, 4) is 11.5 Å². The van der Waals surface area contributed by atoms with Gasteiger partial charge in [-0.25, -0.2) is 4.79 Å². The minimum atomic E-state index is -0.638. The first-order valence-corrected chi connectivity index (χ1v) is 14.1. The Bertz CT molecular complexity index is 1530. The van der Waals surface area contributed by atoms with Crippen LogP contribution in [0.15, 0.2) is 64.1 Å². The molecule has 1 saturated heterocycles. The third-order valence-electron chi connectivity index (χ3n) is 5.56. The summed E-state index contributed by atoms with van der Waals surface area (Å²) in [4.78, 5) is 55.6. The first-order valence-electron chi connectivity index (χ1n) is 12.1. The fourth-order valence-corrected chi connectivity index (χ4v) is 5.30. The van der Waals surface area contributed by atoms with Crippen molar-refractivity contribution in [3.05, 3.63) is 85.9 Å². The summed E-state index contributed by atoms with van der Waals surface area (Å²) in [5.74, 6) is -1.03. The highest BCUT2D eigenvalue weighted by atomic mass is 79.9. The average molecular weight is 661 g/mol. The van der Waals surface area contributed by atoms with Crippen LogP contribution >= 0.6 is 39.3 Å². The molecule has 3 amide bonds. The molecule has 1 fully saturated rings. The van der Waals surface area contributed by atoms with Crippen molar-refractivity contribution in [2.75, 3.05) is 25.6 Å². The lowest BCUT2D eigenvalue weighted by Gasteiger charge is -2.14. The number of carbonyl (C=O) groups excluding carboxylic acids is 4. The molecule has 0 spiro atoms. The van der Waals surface area contributed by atoms with Gasteiger partial charge in [-0.2, -0.15) is 0 Å². The Morgan fingerprint density at radius 1 is 1.17 bits per heavy atom. The van der Waals surface area contributed by atoms with Crippen molar-refractivity contribution in [2.45, 2.75) is 13.5 Å². The molecule has 3 aromatic rings. The van der Waals surface area contributed by atoms with Gasteiger partial charge in [-0.1, -0.05) is 17.7 Å². The predicted molar refractivity (Wildman–Crippen MR) is 158 cm³/mol. The number of nitrogens with one attached hydrogen (secondary N) is 1. The van der Waals surface area contributed by atoms with Crippen LogP contribution < -0.4 is 14.8 Å². The zero-order chi connectivity index (χ0) is 29.5. The van der Waals surface area contributed by atoms with Crippen molar-refractivity contribution in [1.82, 2.24) is 9.88 Å². The van der Waals surface area contributed by atoms with E-state index in [-0.39, 0.29) is 34.4 Å². The summed E-state index contributed by atoms with van der Waals surface area (Å²) in [6.07, 6.45) is 3.20. The van der Waals surface area contributed by atoms with Gasteiger partial charge in [0, 0.05) is 11.9 Å². The van der Waals surface area contributed by atoms with Crippen molar-refractivity contribution in [2.24, 2.45) is 0 Å². The number of rotatable bonds is 10. The van der Waals surface area contributed by atoms with Gasteiger partial charge in [0.2, 0.25) is 5.91 Å². The van der Waals surface area contributed by atoms with E-state index in [2.05, 4.69) is 26.2 Å². The largest absolute Gasteiger partial charge is 0.493 e. The number of esters is 1. The minimum absolute atomic E-state index is 0.0788. The number of ether oxygens (including phenoxy) is 3. The highest BCUT2D eigenvalue weighted by Crippen LogP contribution is 2.39. The number of imide groups is 1. The molecular weight excluding hydrogens is 638 g/mol. The third kappa shape index (κ3) is 7.46. The van der Waals surface area contributed by atoms with Crippen LogP contribution in [0.2, 0.25) is 5.02 Å². The fourth-order valence-electron chi connectivity index (χ4n) is 3.69. The van der Waals surface area contributed by atoms with Gasteiger partial charge in [0.25, 0.3) is 11.1 Å². The average Bonchev–Trinajstić information content (AvgIpc) is 3.20. The van der Waals surface area contributed by atoms with Crippen LogP contribution in [-0.2, 0) is 20.9 Å². The first-order chi connectivity index (χ1) is 19.7. The zero-order valence-corrected chi connectivity index (χ0v) is 25.0. The number of anilines is 1. The van der Waals surface area contributed by atoms with Crippen molar-refractivity contribution in [1.29, 1.82) is 0 Å². The molecule has 1 aliphatic rings. The summed E-state index contributed by atoms with van der Waals surface area (Å²) in [7, 11) is 1.49. The van der Waals surface area contributed by atoms with E-state index in [1.165, 1.54) is 31.4 Å². The number of methoxy groups -OCH3 is 1. The molecule has 212 valence electrons. The number of carbonyl (C=O) groups is 4.